The van der Waals surface area contributed by atoms with Gasteiger partial charge in [0.05, 0.1) is 44.0 Å². The molecule has 158 valence electrons. The second-order valence-electron chi connectivity index (χ2n) is 6.11. The van der Waals surface area contributed by atoms with Crippen LogP contribution in [0.1, 0.15) is 6.92 Å². The van der Waals surface area contributed by atoms with Crippen LogP contribution in [-0.2, 0) is 14.8 Å². The van der Waals surface area contributed by atoms with E-state index in [9.17, 15) is 13.2 Å². The van der Waals surface area contributed by atoms with Crippen LogP contribution in [0.25, 0.3) is 0 Å². The van der Waals surface area contributed by atoms with Crippen molar-refractivity contribution in [3.8, 4) is 17.2 Å². The summed E-state index contributed by atoms with van der Waals surface area (Å²) in [5, 5.41) is 2.91. The van der Waals surface area contributed by atoms with Crippen LogP contribution in [0.5, 0.6) is 17.2 Å². The summed E-state index contributed by atoms with van der Waals surface area (Å²) in [7, 11) is 0.605. The minimum Gasteiger partial charge on any atom is -0.497 e. The summed E-state index contributed by atoms with van der Waals surface area (Å²) in [5.74, 6) is 0.747. The molecule has 2 aromatic carbocycles. The van der Waals surface area contributed by atoms with Crippen LogP contribution >= 0.6 is 11.6 Å². The van der Waals surface area contributed by atoms with E-state index in [0.717, 1.165) is 10.6 Å². The molecule has 2 aromatic rings. The first-order chi connectivity index (χ1) is 13.6. The van der Waals surface area contributed by atoms with Crippen LogP contribution in [0.2, 0.25) is 5.02 Å². The zero-order chi connectivity index (χ0) is 21.8. The first kappa shape index (κ1) is 22.6. The second-order valence-corrected chi connectivity index (χ2v) is 8.38. The number of halogens is 1. The van der Waals surface area contributed by atoms with Gasteiger partial charge in [0.15, 0.2) is 0 Å². The number of hydrogen-bond donors (Lipinski definition) is 1. The van der Waals surface area contributed by atoms with Crippen LogP contribution in [0.15, 0.2) is 36.4 Å². The summed E-state index contributed by atoms with van der Waals surface area (Å²) < 4.78 is 41.4. The largest absolute Gasteiger partial charge is 0.497 e. The number of amides is 1. The molecule has 2 rings (SSSR count). The topological polar surface area (TPSA) is 94.2 Å². The van der Waals surface area contributed by atoms with Crippen molar-refractivity contribution in [2.75, 3.05) is 37.2 Å². The van der Waals surface area contributed by atoms with Crippen molar-refractivity contribution >= 4 is 38.9 Å². The zero-order valence-corrected chi connectivity index (χ0v) is 18.3. The fraction of sp³-hybridized carbons (Fsp3) is 0.316. The fourth-order valence-corrected chi connectivity index (χ4v) is 4.17. The maximum atomic E-state index is 12.9. The van der Waals surface area contributed by atoms with Crippen molar-refractivity contribution < 1.29 is 27.4 Å². The van der Waals surface area contributed by atoms with Gasteiger partial charge in [0.1, 0.15) is 23.3 Å². The smallest absolute Gasteiger partial charge is 0.248 e. The Morgan fingerprint density at radius 3 is 2.17 bits per heavy atom. The Balaban J connectivity index is 2.39. The third-order valence-corrected chi connectivity index (χ3v) is 5.68. The third-order valence-electron chi connectivity index (χ3n) is 4.14. The predicted molar refractivity (Wildman–Crippen MR) is 113 cm³/mol. The van der Waals surface area contributed by atoms with Crippen molar-refractivity contribution in [2.45, 2.75) is 13.0 Å². The molecule has 29 heavy (non-hydrogen) atoms. The molecular formula is C19H23ClN2O6S. The Morgan fingerprint density at radius 2 is 1.66 bits per heavy atom. The number of methoxy groups -OCH3 is 3. The SMILES string of the molecule is COc1ccc(OC)c(NC(=O)[C@@H](C)N(c2ccc(OC)c(Cl)c2)S(C)(=O)=O)c1. The number of carbonyl (C=O) groups is 1. The summed E-state index contributed by atoms with van der Waals surface area (Å²) in [6, 6.07) is 8.30. The minimum absolute atomic E-state index is 0.223. The highest BCUT2D eigenvalue weighted by Gasteiger charge is 2.30. The lowest BCUT2D eigenvalue weighted by molar-refractivity contribution is -0.116. The van der Waals surface area contributed by atoms with Crippen molar-refractivity contribution in [3.05, 3.63) is 41.4 Å². The number of benzene rings is 2. The molecule has 0 aliphatic carbocycles. The molecule has 0 aliphatic rings. The summed E-state index contributed by atoms with van der Waals surface area (Å²) in [6.07, 6.45) is 1.01. The number of hydrogen-bond acceptors (Lipinski definition) is 6. The standard InChI is InChI=1S/C19H23ClN2O6S/c1-12(19(23)21-16-11-14(26-2)7-9-18(16)28-4)22(29(5,24)25)13-6-8-17(27-3)15(20)10-13/h6-12H,1-5H3,(H,21,23)/t12-/m1/s1. The van der Waals surface area contributed by atoms with Crippen molar-refractivity contribution in [3.63, 3.8) is 0 Å². The van der Waals surface area contributed by atoms with E-state index >= 15 is 0 Å². The maximum absolute atomic E-state index is 12.9. The first-order valence-electron chi connectivity index (χ1n) is 8.48. The number of carbonyl (C=O) groups excluding carboxylic acids is 1. The van der Waals surface area contributed by atoms with Gasteiger partial charge >= 0.3 is 0 Å². The molecule has 8 nitrogen and oxygen atoms in total. The van der Waals surface area contributed by atoms with Gasteiger partial charge in [-0.25, -0.2) is 8.42 Å². The molecule has 0 bridgehead atoms. The predicted octanol–water partition coefficient (Wildman–Crippen LogP) is 3.16. The van der Waals surface area contributed by atoms with Crippen LogP contribution in [0, 0.1) is 0 Å². The van der Waals surface area contributed by atoms with Crippen LogP contribution in [0.3, 0.4) is 0 Å². The van der Waals surface area contributed by atoms with Gasteiger partial charge in [-0.2, -0.15) is 0 Å². The summed E-state index contributed by atoms with van der Waals surface area (Å²) >= 11 is 6.13. The number of rotatable bonds is 8. The minimum atomic E-state index is -3.80. The second kappa shape index (κ2) is 9.23. The highest BCUT2D eigenvalue weighted by Crippen LogP contribution is 2.32. The average Bonchev–Trinajstić information content (AvgIpc) is 2.67. The summed E-state index contributed by atoms with van der Waals surface area (Å²) in [5.41, 5.74) is 0.587. The van der Waals surface area contributed by atoms with Gasteiger partial charge in [-0.05, 0) is 37.3 Å². The van der Waals surface area contributed by atoms with Crippen molar-refractivity contribution in [2.24, 2.45) is 0 Å². The Labute approximate surface area is 175 Å². The van der Waals surface area contributed by atoms with Gasteiger partial charge in [-0.15, -0.1) is 0 Å². The summed E-state index contributed by atoms with van der Waals surface area (Å²) in [4.78, 5) is 12.9. The van der Waals surface area contributed by atoms with Gasteiger partial charge < -0.3 is 19.5 Å². The maximum Gasteiger partial charge on any atom is 0.248 e. The monoisotopic (exact) mass is 442 g/mol. The zero-order valence-electron chi connectivity index (χ0n) is 16.7. The number of anilines is 2. The lowest BCUT2D eigenvalue weighted by atomic mass is 10.2. The molecule has 0 heterocycles. The molecule has 0 radical (unpaired) electrons. The van der Waals surface area contributed by atoms with E-state index in [2.05, 4.69) is 5.32 Å². The lowest BCUT2D eigenvalue weighted by Gasteiger charge is -2.28. The van der Waals surface area contributed by atoms with E-state index < -0.39 is 22.0 Å². The number of sulfonamides is 1. The van der Waals surface area contributed by atoms with E-state index in [-0.39, 0.29) is 10.7 Å². The van der Waals surface area contributed by atoms with Gasteiger partial charge in [0.25, 0.3) is 0 Å². The van der Waals surface area contributed by atoms with E-state index in [0.29, 0.717) is 22.9 Å². The van der Waals surface area contributed by atoms with Crippen molar-refractivity contribution in [1.82, 2.24) is 0 Å². The molecule has 0 saturated carbocycles. The Bertz CT molecular complexity index is 996. The molecule has 0 aromatic heterocycles. The molecule has 0 fully saturated rings. The molecular weight excluding hydrogens is 420 g/mol. The number of nitrogens with zero attached hydrogens (tertiary/aromatic N) is 1. The Morgan fingerprint density at radius 1 is 1.03 bits per heavy atom. The van der Waals surface area contributed by atoms with E-state index in [1.165, 1.54) is 46.5 Å². The Kier molecular flexibility index (Phi) is 7.21. The van der Waals surface area contributed by atoms with Gasteiger partial charge in [0, 0.05) is 6.07 Å². The highest BCUT2D eigenvalue weighted by molar-refractivity contribution is 7.92. The molecule has 1 amide bonds. The fourth-order valence-electron chi connectivity index (χ4n) is 2.75. The average molecular weight is 443 g/mol. The van der Waals surface area contributed by atoms with Crippen LogP contribution in [-0.4, -0.2) is 48.0 Å². The van der Waals surface area contributed by atoms with Gasteiger partial charge in [-0.3, -0.25) is 9.10 Å². The number of ether oxygens (including phenoxy) is 3. The van der Waals surface area contributed by atoms with E-state index in [1.54, 1.807) is 18.2 Å². The van der Waals surface area contributed by atoms with E-state index in [4.69, 9.17) is 25.8 Å². The van der Waals surface area contributed by atoms with Gasteiger partial charge in [-0.1, -0.05) is 11.6 Å². The summed E-state index contributed by atoms with van der Waals surface area (Å²) in [6.45, 7) is 1.47. The van der Waals surface area contributed by atoms with Crippen LogP contribution in [0.4, 0.5) is 11.4 Å². The normalized spacial score (nSPS) is 12.1. The third kappa shape index (κ3) is 5.24. The molecule has 0 aliphatic heterocycles. The lowest BCUT2D eigenvalue weighted by Crippen LogP contribution is -2.45. The molecule has 10 heteroatoms. The van der Waals surface area contributed by atoms with Crippen LogP contribution < -0.4 is 23.8 Å². The molecule has 1 atom stereocenters. The molecule has 0 saturated heterocycles. The Hall–Kier alpha value is -2.65. The highest BCUT2D eigenvalue weighted by atomic mass is 35.5. The van der Waals surface area contributed by atoms with E-state index in [1.807, 2.05) is 0 Å². The first-order valence-corrected chi connectivity index (χ1v) is 10.7. The molecule has 0 unspecified atom stereocenters. The quantitative estimate of drug-likeness (QED) is 0.674. The molecule has 1 N–H and O–H groups in total. The van der Waals surface area contributed by atoms with Crippen molar-refractivity contribution in [1.29, 1.82) is 0 Å². The number of nitrogens with one attached hydrogen (secondary N) is 1. The molecule has 0 spiro atoms. The van der Waals surface area contributed by atoms with Gasteiger partial charge in [0.2, 0.25) is 15.9 Å².